The molecule has 1 amide bonds. The van der Waals surface area contributed by atoms with E-state index in [0.717, 1.165) is 5.56 Å². The smallest absolute Gasteiger partial charge is 0.234 e. The lowest BCUT2D eigenvalue weighted by Gasteiger charge is -2.13. The highest BCUT2D eigenvalue weighted by Gasteiger charge is 2.15. The van der Waals surface area contributed by atoms with E-state index in [2.05, 4.69) is 15.4 Å². The fraction of sp³-hybridized carbons (Fsp3) is 0.500. The summed E-state index contributed by atoms with van der Waals surface area (Å²) in [6.07, 6.45) is 0. The van der Waals surface area contributed by atoms with Crippen molar-refractivity contribution in [3.63, 3.8) is 0 Å². The van der Waals surface area contributed by atoms with Gasteiger partial charge in [0.2, 0.25) is 15.9 Å². The zero-order valence-electron chi connectivity index (χ0n) is 12.6. The molecule has 7 heteroatoms. The van der Waals surface area contributed by atoms with E-state index in [9.17, 15) is 13.2 Å². The Labute approximate surface area is 126 Å². The minimum atomic E-state index is -3.38. The summed E-state index contributed by atoms with van der Waals surface area (Å²) in [7, 11) is -1.69. The molecular weight excluding hydrogens is 290 g/mol. The third-order valence-electron chi connectivity index (χ3n) is 2.69. The van der Waals surface area contributed by atoms with E-state index in [1.54, 1.807) is 33.0 Å². The normalized spacial score (nSPS) is 11.6. The Morgan fingerprint density at radius 3 is 2.38 bits per heavy atom. The number of benzene rings is 1. The molecule has 0 spiro atoms. The van der Waals surface area contributed by atoms with Crippen LogP contribution in [0.4, 0.5) is 0 Å². The number of hydrogen-bond donors (Lipinski definition) is 3. The van der Waals surface area contributed by atoms with Crippen molar-refractivity contribution in [2.75, 3.05) is 13.6 Å². The Kier molecular flexibility index (Phi) is 6.80. The SMILES string of the molecule is CNCC(=O)NCc1ccccc1CS(=O)(=O)NC(C)C. The highest BCUT2D eigenvalue weighted by Crippen LogP contribution is 2.12. The van der Waals surface area contributed by atoms with Gasteiger partial charge >= 0.3 is 0 Å². The predicted molar refractivity (Wildman–Crippen MR) is 83.1 cm³/mol. The molecule has 0 heterocycles. The number of rotatable bonds is 8. The molecule has 0 atom stereocenters. The van der Waals surface area contributed by atoms with Crippen LogP contribution in [0.1, 0.15) is 25.0 Å². The second kappa shape index (κ2) is 8.11. The number of hydrogen-bond acceptors (Lipinski definition) is 4. The highest BCUT2D eigenvalue weighted by atomic mass is 32.2. The first kappa shape index (κ1) is 17.6. The lowest BCUT2D eigenvalue weighted by atomic mass is 10.1. The summed E-state index contributed by atoms with van der Waals surface area (Å²) in [5, 5.41) is 5.51. The Hall–Kier alpha value is -1.44. The van der Waals surface area contributed by atoms with Crippen LogP contribution in [0.2, 0.25) is 0 Å². The van der Waals surface area contributed by atoms with Gasteiger partial charge < -0.3 is 10.6 Å². The molecule has 118 valence electrons. The van der Waals surface area contributed by atoms with E-state index >= 15 is 0 Å². The maximum absolute atomic E-state index is 12.0. The molecule has 0 saturated heterocycles. The molecule has 0 aliphatic rings. The maximum Gasteiger partial charge on any atom is 0.234 e. The molecule has 0 aliphatic heterocycles. The monoisotopic (exact) mass is 313 g/mol. The Morgan fingerprint density at radius 1 is 1.19 bits per heavy atom. The maximum atomic E-state index is 12.0. The summed E-state index contributed by atoms with van der Waals surface area (Å²) in [6, 6.07) is 7.06. The second-order valence-electron chi connectivity index (χ2n) is 5.11. The molecule has 0 fully saturated rings. The van der Waals surface area contributed by atoms with Gasteiger partial charge in [0.1, 0.15) is 0 Å². The second-order valence-corrected chi connectivity index (χ2v) is 6.86. The van der Waals surface area contributed by atoms with E-state index in [4.69, 9.17) is 0 Å². The van der Waals surface area contributed by atoms with E-state index in [1.165, 1.54) is 0 Å². The Balaban J connectivity index is 2.78. The molecule has 0 aromatic heterocycles. The number of nitrogens with one attached hydrogen (secondary N) is 3. The van der Waals surface area contributed by atoms with Crippen molar-refractivity contribution >= 4 is 15.9 Å². The summed E-state index contributed by atoms with van der Waals surface area (Å²) < 4.78 is 26.5. The van der Waals surface area contributed by atoms with Crippen molar-refractivity contribution < 1.29 is 13.2 Å². The van der Waals surface area contributed by atoms with Crippen LogP contribution in [0.25, 0.3) is 0 Å². The van der Waals surface area contributed by atoms with E-state index < -0.39 is 10.0 Å². The van der Waals surface area contributed by atoms with Crippen LogP contribution in [0, 0.1) is 0 Å². The van der Waals surface area contributed by atoms with Gasteiger partial charge in [-0.05, 0) is 32.0 Å². The summed E-state index contributed by atoms with van der Waals surface area (Å²) in [5.74, 6) is -0.223. The molecule has 0 saturated carbocycles. The largest absolute Gasteiger partial charge is 0.351 e. The predicted octanol–water partition coefficient (Wildman–Crippen LogP) is 0.350. The van der Waals surface area contributed by atoms with Crippen LogP contribution in [0.3, 0.4) is 0 Å². The number of likely N-dealkylation sites (N-methyl/N-ethyl adjacent to an activating group) is 1. The average molecular weight is 313 g/mol. The molecule has 0 bridgehead atoms. The lowest BCUT2D eigenvalue weighted by molar-refractivity contribution is -0.120. The number of sulfonamides is 1. The van der Waals surface area contributed by atoms with Crippen LogP contribution in [0.5, 0.6) is 0 Å². The molecular formula is C14H23N3O3S. The fourth-order valence-electron chi connectivity index (χ4n) is 1.89. The van der Waals surface area contributed by atoms with Crippen molar-refractivity contribution in [2.45, 2.75) is 32.2 Å². The Morgan fingerprint density at radius 2 is 1.81 bits per heavy atom. The fourth-order valence-corrected chi connectivity index (χ4v) is 3.39. The molecule has 3 N–H and O–H groups in total. The van der Waals surface area contributed by atoms with Gasteiger partial charge in [0, 0.05) is 12.6 Å². The minimum Gasteiger partial charge on any atom is -0.351 e. The summed E-state index contributed by atoms with van der Waals surface area (Å²) >= 11 is 0. The van der Waals surface area contributed by atoms with Crippen molar-refractivity contribution in [3.05, 3.63) is 35.4 Å². The van der Waals surface area contributed by atoms with Crippen LogP contribution in [-0.4, -0.2) is 34.0 Å². The first-order chi connectivity index (χ1) is 9.84. The van der Waals surface area contributed by atoms with Gasteiger partial charge in [-0.15, -0.1) is 0 Å². The molecule has 0 radical (unpaired) electrons. The van der Waals surface area contributed by atoms with E-state index in [0.29, 0.717) is 12.1 Å². The van der Waals surface area contributed by atoms with Crippen molar-refractivity contribution in [2.24, 2.45) is 0 Å². The molecule has 1 aromatic rings. The van der Waals surface area contributed by atoms with E-state index in [-0.39, 0.29) is 24.2 Å². The van der Waals surface area contributed by atoms with Gasteiger partial charge in [-0.3, -0.25) is 4.79 Å². The van der Waals surface area contributed by atoms with Crippen LogP contribution >= 0.6 is 0 Å². The quantitative estimate of drug-likeness (QED) is 0.646. The summed E-state index contributed by atoms with van der Waals surface area (Å²) in [5.41, 5.74) is 1.49. The number of carbonyl (C=O) groups is 1. The van der Waals surface area contributed by atoms with Gasteiger partial charge in [-0.25, -0.2) is 13.1 Å². The lowest BCUT2D eigenvalue weighted by Crippen LogP contribution is -2.33. The van der Waals surface area contributed by atoms with Crippen molar-refractivity contribution in [3.8, 4) is 0 Å². The van der Waals surface area contributed by atoms with Crippen LogP contribution in [-0.2, 0) is 27.1 Å². The molecule has 1 rings (SSSR count). The average Bonchev–Trinajstić information content (AvgIpc) is 2.36. The summed E-state index contributed by atoms with van der Waals surface area (Å²) in [6.45, 7) is 4.10. The van der Waals surface area contributed by atoms with Gasteiger partial charge in [0.05, 0.1) is 12.3 Å². The summed E-state index contributed by atoms with van der Waals surface area (Å²) in [4.78, 5) is 11.5. The molecule has 1 aromatic carbocycles. The zero-order valence-corrected chi connectivity index (χ0v) is 13.5. The van der Waals surface area contributed by atoms with Crippen molar-refractivity contribution in [1.29, 1.82) is 0 Å². The first-order valence-electron chi connectivity index (χ1n) is 6.82. The number of carbonyl (C=O) groups excluding carboxylic acids is 1. The molecule has 0 unspecified atom stereocenters. The highest BCUT2D eigenvalue weighted by molar-refractivity contribution is 7.88. The molecule has 0 aliphatic carbocycles. The Bertz CT molecular complexity index is 571. The number of amides is 1. The van der Waals surface area contributed by atoms with Gasteiger partial charge in [-0.1, -0.05) is 24.3 Å². The first-order valence-corrected chi connectivity index (χ1v) is 8.47. The van der Waals surface area contributed by atoms with Gasteiger partial charge in [-0.2, -0.15) is 0 Å². The van der Waals surface area contributed by atoms with Crippen LogP contribution < -0.4 is 15.4 Å². The zero-order chi connectivity index (χ0) is 15.9. The third kappa shape index (κ3) is 6.70. The van der Waals surface area contributed by atoms with Gasteiger partial charge in [0.15, 0.2) is 0 Å². The van der Waals surface area contributed by atoms with Gasteiger partial charge in [0.25, 0.3) is 0 Å². The molecule has 6 nitrogen and oxygen atoms in total. The molecule has 21 heavy (non-hydrogen) atoms. The van der Waals surface area contributed by atoms with E-state index in [1.807, 2.05) is 12.1 Å². The van der Waals surface area contributed by atoms with Crippen molar-refractivity contribution in [1.82, 2.24) is 15.4 Å². The third-order valence-corrected chi connectivity index (χ3v) is 4.21. The minimum absolute atomic E-state index is 0.0940. The topological polar surface area (TPSA) is 87.3 Å². The standard InChI is InChI=1S/C14H23N3O3S/c1-11(2)17-21(19,20)10-13-7-5-4-6-12(13)8-16-14(18)9-15-3/h4-7,11,15,17H,8-10H2,1-3H3,(H,16,18). The van der Waals surface area contributed by atoms with Crippen LogP contribution in [0.15, 0.2) is 24.3 Å².